The Morgan fingerprint density at radius 1 is 0.656 bits per heavy atom. The van der Waals surface area contributed by atoms with Gasteiger partial charge < -0.3 is 17.3 Å². The van der Waals surface area contributed by atoms with Gasteiger partial charge in [-0.05, 0) is 63.8 Å². The van der Waals surface area contributed by atoms with Crippen molar-refractivity contribution in [3.63, 3.8) is 0 Å². The van der Waals surface area contributed by atoms with E-state index in [1.54, 1.807) is 0 Å². The van der Waals surface area contributed by atoms with Crippen LogP contribution < -0.4 is 11.2 Å². The fourth-order valence-electron chi connectivity index (χ4n) is 2.46. The van der Waals surface area contributed by atoms with Gasteiger partial charge in [-0.1, -0.05) is 36.4 Å². The molecule has 0 saturated carbocycles. The molecule has 0 aliphatic carbocycles. The molecule has 0 saturated heterocycles. The van der Waals surface area contributed by atoms with Gasteiger partial charge in [0.05, 0.1) is 22.8 Å². The minimum atomic E-state index is -6.00. The molecule has 0 aromatic heterocycles. The van der Waals surface area contributed by atoms with Crippen LogP contribution in [0.15, 0.2) is 46.4 Å². The van der Waals surface area contributed by atoms with Gasteiger partial charge in [-0.15, -0.1) is 9.81 Å². The van der Waals surface area contributed by atoms with E-state index in [4.69, 9.17) is 31.0 Å². The largest absolute Gasteiger partial charge is 0.673 e. The van der Waals surface area contributed by atoms with Crippen molar-refractivity contribution in [3.8, 4) is 0 Å². The second-order valence-electron chi connectivity index (χ2n) is 6.37. The SMILES string of the molecule is CC(=Nc1c(C)cccc1C)C(C)=Nc1c(C)cccc1C.F[B-](F)(F)F.[Fe].[N]=O.[N]=O. The van der Waals surface area contributed by atoms with E-state index in [0.717, 1.165) is 22.8 Å². The zero-order valence-electron chi connectivity index (χ0n) is 18.5. The first-order valence-electron chi connectivity index (χ1n) is 8.87. The summed E-state index contributed by atoms with van der Waals surface area (Å²) < 4.78 is 39.0. The van der Waals surface area contributed by atoms with Crippen molar-refractivity contribution < 1.29 is 34.3 Å². The molecule has 0 spiro atoms. The molecule has 2 radical (unpaired) electrons. The van der Waals surface area contributed by atoms with Crippen molar-refractivity contribution in [2.75, 3.05) is 0 Å². The fraction of sp³-hybridized carbons (Fsp3) is 0.300. The number of halogens is 4. The maximum atomic E-state index is 9.75. The monoisotopic (exact) mass is 495 g/mol. The van der Waals surface area contributed by atoms with Gasteiger partial charge in [0.15, 0.2) is 0 Å². The molecule has 0 N–H and O–H groups in total. The summed E-state index contributed by atoms with van der Waals surface area (Å²) in [4.78, 5) is 24.1. The number of benzene rings is 2. The molecule has 0 atom stereocenters. The summed E-state index contributed by atoms with van der Waals surface area (Å²) in [6.07, 6.45) is 0. The first-order chi connectivity index (χ1) is 14.4. The molecule has 0 aliphatic rings. The van der Waals surface area contributed by atoms with Crippen molar-refractivity contribution >= 4 is 30.1 Å². The predicted molar refractivity (Wildman–Crippen MR) is 119 cm³/mol. The van der Waals surface area contributed by atoms with Crippen molar-refractivity contribution in [2.45, 2.75) is 41.5 Å². The molecule has 176 valence electrons. The first-order valence-corrected chi connectivity index (χ1v) is 8.87. The first kappa shape index (κ1) is 33.9. The minimum Gasteiger partial charge on any atom is -0.418 e. The third-order valence-electron chi connectivity index (χ3n) is 3.96. The smallest absolute Gasteiger partial charge is 0.418 e. The van der Waals surface area contributed by atoms with Crippen LogP contribution in [-0.4, -0.2) is 18.7 Å². The summed E-state index contributed by atoms with van der Waals surface area (Å²) in [5.74, 6) is 0. The van der Waals surface area contributed by atoms with E-state index in [1.165, 1.54) is 22.3 Å². The minimum absolute atomic E-state index is 0. The Balaban J connectivity index is -0.000000729. The van der Waals surface area contributed by atoms with Gasteiger partial charge >= 0.3 is 7.25 Å². The molecule has 6 nitrogen and oxygen atoms in total. The van der Waals surface area contributed by atoms with Gasteiger partial charge in [0.25, 0.3) is 0 Å². The second kappa shape index (κ2) is 16.9. The van der Waals surface area contributed by atoms with Crippen LogP contribution in [0.1, 0.15) is 36.1 Å². The van der Waals surface area contributed by atoms with Gasteiger partial charge in [0.2, 0.25) is 0 Å². The maximum absolute atomic E-state index is 9.75. The number of para-hydroxylation sites is 2. The van der Waals surface area contributed by atoms with Gasteiger partial charge in [-0.25, -0.2) is 0 Å². The average Bonchev–Trinajstić information content (AvgIpc) is 2.69. The topological polar surface area (TPSA) is 103 Å². The van der Waals surface area contributed by atoms with Crippen LogP contribution in [0.3, 0.4) is 0 Å². The molecule has 2 aromatic carbocycles. The van der Waals surface area contributed by atoms with E-state index in [9.17, 15) is 17.3 Å². The van der Waals surface area contributed by atoms with Crippen LogP contribution in [0.2, 0.25) is 0 Å². The zero-order chi connectivity index (χ0) is 24.8. The zero-order valence-corrected chi connectivity index (χ0v) is 19.6. The van der Waals surface area contributed by atoms with Crippen LogP contribution in [0.25, 0.3) is 0 Å². The van der Waals surface area contributed by atoms with E-state index in [1.807, 2.05) is 13.8 Å². The number of nitroso groups, excluding NO2 is 2. The number of aliphatic imine (C=N–C) groups is 2. The van der Waals surface area contributed by atoms with E-state index in [2.05, 4.69) is 64.1 Å². The summed E-state index contributed by atoms with van der Waals surface area (Å²) >= 11 is 0. The van der Waals surface area contributed by atoms with Crippen molar-refractivity contribution in [3.05, 3.63) is 68.5 Å². The van der Waals surface area contributed by atoms with E-state index >= 15 is 0 Å². The standard InChI is InChI=1S/C20H24N2.BF4.Fe.2NO/c1-13-9-7-10-14(2)19(13)21-17(5)18(6)22-20-15(3)11-8-12-16(20)4;2-1(3,4)5;;2*1-2/h7-12H,1-6H3;;;;/q;-1;;;. The molecule has 0 amide bonds. The molecular weight excluding hydrogens is 471 g/mol. The van der Waals surface area contributed by atoms with Crippen LogP contribution in [0.4, 0.5) is 28.6 Å². The summed E-state index contributed by atoms with van der Waals surface area (Å²) in [6.45, 7) is 12.4. The summed E-state index contributed by atoms with van der Waals surface area (Å²) in [5, 5.41) is 0. The normalized spacial score (nSPS) is 10.8. The van der Waals surface area contributed by atoms with Gasteiger partial charge in [-0.3, -0.25) is 9.98 Å². The molecule has 12 heteroatoms. The van der Waals surface area contributed by atoms with Crippen LogP contribution in [0, 0.1) is 37.5 Å². The molecule has 0 heterocycles. The van der Waals surface area contributed by atoms with Crippen molar-refractivity contribution in [1.29, 1.82) is 0 Å². The predicted octanol–water partition coefficient (Wildman–Crippen LogP) is 6.21. The summed E-state index contributed by atoms with van der Waals surface area (Å²) in [5.41, 5.74) is 20.3. The van der Waals surface area contributed by atoms with Crippen molar-refractivity contribution in [1.82, 2.24) is 11.2 Å². The number of hydrogen-bond donors (Lipinski definition) is 0. The molecule has 0 aliphatic heterocycles. The van der Waals surface area contributed by atoms with Crippen LogP contribution in [-0.2, 0) is 17.1 Å². The maximum Gasteiger partial charge on any atom is 0.673 e. The molecule has 0 fully saturated rings. The Hall–Kier alpha value is -2.72. The summed E-state index contributed by atoms with van der Waals surface area (Å²) in [6, 6.07) is 12.5. The molecule has 0 bridgehead atoms. The quantitative estimate of drug-likeness (QED) is 0.287. The van der Waals surface area contributed by atoms with E-state index < -0.39 is 7.25 Å². The Labute approximate surface area is 195 Å². The Bertz CT molecular complexity index is 796. The van der Waals surface area contributed by atoms with Gasteiger partial charge in [-0.2, -0.15) is 0 Å². The second-order valence-corrected chi connectivity index (χ2v) is 6.37. The molecule has 2 aromatic rings. The Morgan fingerprint density at radius 2 is 0.844 bits per heavy atom. The average molecular weight is 495 g/mol. The number of hydrogen-bond acceptors (Lipinski definition) is 4. The van der Waals surface area contributed by atoms with Gasteiger partial charge in [0.1, 0.15) is 11.2 Å². The Morgan fingerprint density at radius 3 is 1.03 bits per heavy atom. The fourth-order valence-corrected chi connectivity index (χ4v) is 2.46. The van der Waals surface area contributed by atoms with Crippen LogP contribution in [0.5, 0.6) is 0 Å². The van der Waals surface area contributed by atoms with E-state index in [0.29, 0.717) is 0 Å². The number of aryl methyl sites for hydroxylation is 4. The molecule has 2 rings (SSSR count). The van der Waals surface area contributed by atoms with Crippen LogP contribution >= 0.6 is 0 Å². The van der Waals surface area contributed by atoms with Crippen molar-refractivity contribution in [2.24, 2.45) is 9.98 Å². The molecule has 0 unspecified atom stereocenters. The third kappa shape index (κ3) is 13.6. The molecule has 32 heavy (non-hydrogen) atoms. The number of rotatable bonds is 3. The molecular formula is C20H24BF4FeN4O2-. The van der Waals surface area contributed by atoms with E-state index in [-0.39, 0.29) is 17.1 Å². The number of nitrogens with zero attached hydrogens (tertiary/aromatic N) is 4. The summed E-state index contributed by atoms with van der Waals surface area (Å²) in [7, 11) is -6.00. The Kier molecular flexibility index (Phi) is 17.9. The third-order valence-corrected chi connectivity index (χ3v) is 3.96. The van der Waals surface area contributed by atoms with Gasteiger partial charge in [0, 0.05) is 17.1 Å².